The van der Waals surface area contributed by atoms with Gasteiger partial charge in [0.25, 0.3) is 0 Å². The number of aryl methyl sites for hydroxylation is 7. The first-order chi connectivity index (χ1) is 51.5. The van der Waals surface area contributed by atoms with Crippen molar-refractivity contribution in [3.63, 3.8) is 0 Å². The maximum absolute atomic E-state index is 2.28. The van der Waals surface area contributed by atoms with Gasteiger partial charge in [0.05, 0.1) is 0 Å². The first kappa shape index (κ1) is 88.6. The molecule has 0 saturated heterocycles. The minimum atomic E-state index is 1.31. The smallest absolute Gasteiger partial charge is 0.0103 e. The Kier molecular flexibility index (Phi) is 42.7. The molecule has 0 aliphatic carbocycles. The molecule has 0 atom stereocenters. The second-order valence-electron chi connectivity index (χ2n) is 23.3. The number of hydrogen-bond donors (Lipinski definition) is 0. The largest absolute Gasteiger partial charge is 0.0683 e. The lowest BCUT2D eigenvalue weighted by Gasteiger charge is -2.06. The fraction of sp³-hybridized carbons (Fsp3) is 0.219. The zero-order chi connectivity index (χ0) is 77.5. The van der Waals surface area contributed by atoms with Gasteiger partial charge in [-0.2, -0.15) is 0 Å². The molecule has 0 aliphatic rings. The topological polar surface area (TPSA) is 0 Å². The van der Waals surface area contributed by atoms with Gasteiger partial charge in [-0.1, -0.05) is 431 Å². The molecule has 0 aromatic heterocycles. The Balaban J connectivity index is 0.000000310. The van der Waals surface area contributed by atoms with Gasteiger partial charge in [0.15, 0.2) is 0 Å². The van der Waals surface area contributed by atoms with Crippen molar-refractivity contribution in [2.75, 3.05) is 0 Å². The van der Waals surface area contributed by atoms with Crippen LogP contribution < -0.4 is 0 Å². The molecule has 0 spiro atoms. The van der Waals surface area contributed by atoms with Gasteiger partial charge >= 0.3 is 0 Å². The van der Waals surface area contributed by atoms with E-state index in [1.165, 1.54) is 147 Å². The molecule has 544 valence electrons. The molecule has 0 saturated carbocycles. The van der Waals surface area contributed by atoms with Crippen LogP contribution in [-0.4, -0.2) is 0 Å². The van der Waals surface area contributed by atoms with E-state index in [9.17, 15) is 0 Å². The molecular formula is C105H124. The van der Waals surface area contributed by atoms with Crippen LogP contribution in [0.1, 0.15) is 150 Å². The highest BCUT2D eigenvalue weighted by Crippen LogP contribution is 2.30. The van der Waals surface area contributed by atoms with Crippen LogP contribution in [-0.2, 0) is 0 Å². The molecule has 0 heterocycles. The Bertz CT molecular complexity index is 5100. The molecule has 0 N–H and O–H groups in total. The van der Waals surface area contributed by atoms with Crippen molar-refractivity contribution >= 4 is 108 Å². The van der Waals surface area contributed by atoms with Crippen molar-refractivity contribution in [1.82, 2.24) is 0 Å². The normalized spacial score (nSPS) is 9.48. The first-order valence-corrected chi connectivity index (χ1v) is 39.0. The lowest BCUT2D eigenvalue weighted by molar-refractivity contribution is 1.48. The summed E-state index contributed by atoms with van der Waals surface area (Å²) in [4.78, 5) is 0. The Morgan fingerprint density at radius 3 is 0.857 bits per heavy atom. The Morgan fingerprint density at radius 2 is 0.400 bits per heavy atom. The average molecular weight is 1390 g/mol. The molecule has 0 heteroatoms. The van der Waals surface area contributed by atoms with E-state index in [-0.39, 0.29) is 0 Å². The van der Waals surface area contributed by atoms with E-state index in [4.69, 9.17) is 0 Å². The van der Waals surface area contributed by atoms with Crippen LogP contribution in [0.2, 0.25) is 0 Å². The highest BCUT2D eigenvalue weighted by molar-refractivity contribution is 6.09. The highest BCUT2D eigenvalue weighted by atomic mass is 14.1. The zero-order valence-electron chi connectivity index (χ0n) is 68.3. The summed E-state index contributed by atoms with van der Waals surface area (Å²) in [5.41, 5.74) is 9.39. The van der Waals surface area contributed by atoms with E-state index in [2.05, 4.69) is 364 Å². The minimum Gasteiger partial charge on any atom is -0.0683 e. The van der Waals surface area contributed by atoms with Gasteiger partial charge in [-0.3, -0.25) is 0 Å². The van der Waals surface area contributed by atoms with Crippen LogP contribution in [0.3, 0.4) is 0 Å². The fourth-order valence-corrected chi connectivity index (χ4v) is 11.9. The monoisotopic (exact) mass is 1380 g/mol. The maximum atomic E-state index is 2.28. The summed E-state index contributed by atoms with van der Waals surface area (Å²) in [6, 6.07) is 118. The van der Waals surface area contributed by atoms with Gasteiger partial charge in [0.1, 0.15) is 0 Å². The highest BCUT2D eigenvalue weighted by Gasteiger charge is 2.05. The standard InChI is InChI=1S/4C15H12.2C11H10.C7H8.8C2H6/c1-11-14-8-4-2-6-12(14)10-13-7-3-5-9-15(11)13;1-11-10-12-6-2-3-8-14(12)15-9-5-4-7-13(11)15;1-11-5-4-8-14-9-12-6-2-3-7-13(12)10-15(11)14;1-11-6-7-14-9-12-4-2-3-5-13(12)10-15(14)8-11;1-9-5-4-7-10-6-2-3-8-11(9)10;1-9-6-7-10-4-2-3-5-11(10)8-9;1-7-5-3-2-4-6-7;8*1-2/h4*2-10H,1H3;2*2-8H,1H3;2-6H,1H3;8*1-2H3. The molecule has 0 fully saturated rings. The van der Waals surface area contributed by atoms with Crippen LogP contribution in [0.25, 0.3) is 108 Å². The van der Waals surface area contributed by atoms with E-state index in [0.29, 0.717) is 0 Å². The SMILES string of the molecule is CC.CC.CC.CC.CC.CC.CC.CC.Cc1c2ccccc2cc2ccccc12.Cc1cc2ccccc2c2ccccc12.Cc1ccc2cc3ccccc3cc2c1.Cc1ccc2ccccc2c1.Cc1cccc2cc3ccccc3cc12.Cc1cccc2ccccc12.Cc1ccccc1. The first-order valence-electron chi connectivity index (χ1n) is 39.0. The van der Waals surface area contributed by atoms with E-state index in [0.717, 1.165) is 0 Å². The molecule has 0 amide bonds. The van der Waals surface area contributed by atoms with Gasteiger partial charge in [-0.05, 0) is 209 Å². The molecule has 17 aromatic carbocycles. The lowest BCUT2D eigenvalue weighted by Crippen LogP contribution is -1.81. The molecule has 0 radical (unpaired) electrons. The van der Waals surface area contributed by atoms with Crippen molar-refractivity contribution in [3.8, 4) is 0 Å². The van der Waals surface area contributed by atoms with Gasteiger partial charge < -0.3 is 0 Å². The van der Waals surface area contributed by atoms with E-state index < -0.39 is 0 Å². The minimum absolute atomic E-state index is 1.31. The summed E-state index contributed by atoms with van der Waals surface area (Å²) in [7, 11) is 0. The predicted octanol–water partition coefficient (Wildman–Crippen LogP) is 33.7. The molecule has 0 bridgehead atoms. The van der Waals surface area contributed by atoms with Crippen molar-refractivity contribution in [3.05, 3.63) is 373 Å². The van der Waals surface area contributed by atoms with E-state index >= 15 is 0 Å². The summed E-state index contributed by atoms with van der Waals surface area (Å²) >= 11 is 0. The molecular weight excluding hydrogens is 1260 g/mol. The average Bonchev–Trinajstić information content (AvgIpc) is 0.775. The zero-order valence-corrected chi connectivity index (χ0v) is 68.3. The van der Waals surface area contributed by atoms with Crippen molar-refractivity contribution in [2.24, 2.45) is 0 Å². The fourth-order valence-electron chi connectivity index (χ4n) is 11.9. The summed E-state index contributed by atoms with van der Waals surface area (Å²) < 4.78 is 0. The Hall–Kier alpha value is -10.7. The maximum Gasteiger partial charge on any atom is -0.0103 e. The third-order valence-corrected chi connectivity index (χ3v) is 16.7. The quantitative estimate of drug-likeness (QED) is 0.105. The molecule has 0 nitrogen and oxygen atoms in total. The summed E-state index contributed by atoms with van der Waals surface area (Å²) in [6.45, 7) is 47.0. The van der Waals surface area contributed by atoms with E-state index in [1.807, 2.05) is 129 Å². The van der Waals surface area contributed by atoms with Crippen LogP contribution in [0, 0.1) is 48.5 Å². The molecule has 0 aliphatic heterocycles. The van der Waals surface area contributed by atoms with Crippen molar-refractivity contribution < 1.29 is 0 Å². The van der Waals surface area contributed by atoms with Crippen LogP contribution in [0.5, 0.6) is 0 Å². The lowest BCUT2D eigenvalue weighted by atomic mass is 9.98. The van der Waals surface area contributed by atoms with Gasteiger partial charge in [-0.25, -0.2) is 0 Å². The van der Waals surface area contributed by atoms with Crippen molar-refractivity contribution in [1.29, 1.82) is 0 Å². The van der Waals surface area contributed by atoms with Gasteiger partial charge in [-0.15, -0.1) is 0 Å². The molecule has 17 rings (SSSR count). The third-order valence-electron chi connectivity index (χ3n) is 16.7. The molecule has 0 unspecified atom stereocenters. The summed E-state index contributed by atoms with van der Waals surface area (Å²) in [5.74, 6) is 0. The predicted molar refractivity (Wildman–Crippen MR) is 484 cm³/mol. The van der Waals surface area contributed by atoms with E-state index in [1.54, 1.807) is 0 Å². The number of benzene rings is 17. The number of hydrogen-bond acceptors (Lipinski definition) is 0. The van der Waals surface area contributed by atoms with Crippen LogP contribution in [0.15, 0.2) is 334 Å². The third kappa shape index (κ3) is 26.5. The Morgan fingerprint density at radius 1 is 0.124 bits per heavy atom. The summed E-state index contributed by atoms with van der Waals surface area (Å²) in [6.07, 6.45) is 0. The van der Waals surface area contributed by atoms with Crippen molar-refractivity contribution in [2.45, 2.75) is 159 Å². The summed E-state index contributed by atoms with van der Waals surface area (Å²) in [5, 5.41) is 26.7. The van der Waals surface area contributed by atoms with Crippen LogP contribution >= 0.6 is 0 Å². The second-order valence-corrected chi connectivity index (χ2v) is 23.3. The molecule has 105 heavy (non-hydrogen) atoms. The van der Waals surface area contributed by atoms with Gasteiger partial charge in [0, 0.05) is 0 Å². The Labute approximate surface area is 635 Å². The van der Waals surface area contributed by atoms with Gasteiger partial charge in [0.2, 0.25) is 0 Å². The number of fused-ring (bicyclic) bond motifs is 11. The number of rotatable bonds is 0. The molecule has 17 aromatic rings. The van der Waals surface area contributed by atoms with Crippen LogP contribution in [0.4, 0.5) is 0 Å². The second kappa shape index (κ2) is 50.7.